The zero-order valence-electron chi connectivity index (χ0n) is 16.2. The lowest BCUT2D eigenvalue weighted by Gasteiger charge is -2.26. The average molecular weight is 397 g/mol. The summed E-state index contributed by atoms with van der Waals surface area (Å²) in [5.74, 6) is 0.213. The van der Waals surface area contributed by atoms with Crippen molar-refractivity contribution in [1.29, 1.82) is 0 Å². The van der Waals surface area contributed by atoms with Gasteiger partial charge in [-0.1, -0.05) is 43.7 Å². The lowest BCUT2D eigenvalue weighted by molar-refractivity contribution is -0.152. The number of benzene rings is 1. The van der Waals surface area contributed by atoms with Gasteiger partial charge in [0.05, 0.1) is 11.7 Å². The van der Waals surface area contributed by atoms with E-state index in [0.717, 1.165) is 35.3 Å². The summed E-state index contributed by atoms with van der Waals surface area (Å²) in [6, 6.07) is 9.84. The van der Waals surface area contributed by atoms with Crippen LogP contribution >= 0.6 is 11.3 Å². The molecule has 5 nitrogen and oxygen atoms in total. The summed E-state index contributed by atoms with van der Waals surface area (Å²) in [6.07, 6.45) is 5.51. The van der Waals surface area contributed by atoms with E-state index in [1.807, 2.05) is 37.3 Å². The summed E-state index contributed by atoms with van der Waals surface area (Å²) in [5, 5.41) is 0.579. The van der Waals surface area contributed by atoms with E-state index in [-0.39, 0.29) is 24.2 Å². The van der Waals surface area contributed by atoms with Crippen LogP contribution in [0.25, 0.3) is 21.3 Å². The van der Waals surface area contributed by atoms with Gasteiger partial charge in [-0.25, -0.2) is 4.98 Å². The molecule has 0 unspecified atom stereocenters. The standard InChI is InChI=1S/C22H24N2O3S/c1-14-7-6-10-17(11-14)27-18(25)12-24-13-23-21-20(22(24)26)19(15(2)28-21)16-8-4-3-5-9-16/h3-5,8-9,13-14,17H,6-7,10-12H2,1-2H3/t14-,17+/m1/s1. The summed E-state index contributed by atoms with van der Waals surface area (Å²) in [4.78, 5) is 31.7. The van der Waals surface area contributed by atoms with Crippen LogP contribution in [0.3, 0.4) is 0 Å². The van der Waals surface area contributed by atoms with Gasteiger partial charge in [-0.2, -0.15) is 0 Å². The summed E-state index contributed by atoms with van der Waals surface area (Å²) >= 11 is 1.50. The van der Waals surface area contributed by atoms with Crippen molar-refractivity contribution >= 4 is 27.5 Å². The summed E-state index contributed by atoms with van der Waals surface area (Å²) in [6.45, 7) is 4.08. The molecule has 0 radical (unpaired) electrons. The van der Waals surface area contributed by atoms with Crippen LogP contribution in [0.5, 0.6) is 0 Å². The number of carbonyl (C=O) groups is 1. The van der Waals surface area contributed by atoms with Gasteiger partial charge in [-0.3, -0.25) is 14.2 Å². The van der Waals surface area contributed by atoms with Crippen LogP contribution in [0.4, 0.5) is 0 Å². The molecule has 0 amide bonds. The Kier molecular flexibility index (Phi) is 5.31. The van der Waals surface area contributed by atoms with Gasteiger partial charge in [0.25, 0.3) is 5.56 Å². The molecule has 2 atom stereocenters. The predicted octanol–water partition coefficient (Wildman–Crippen LogP) is 4.56. The Labute approximate surface area is 168 Å². The topological polar surface area (TPSA) is 61.2 Å². The molecular formula is C22H24N2O3S. The van der Waals surface area contributed by atoms with Crippen LogP contribution in [-0.4, -0.2) is 21.6 Å². The van der Waals surface area contributed by atoms with Crippen molar-refractivity contribution in [3.8, 4) is 11.1 Å². The molecule has 1 aliphatic carbocycles. The number of nitrogens with zero attached hydrogens (tertiary/aromatic N) is 2. The number of aromatic nitrogens is 2. The SMILES string of the molecule is Cc1sc2ncn(CC(=O)O[C@H]3CCC[C@@H](C)C3)c(=O)c2c1-c1ccccc1. The van der Waals surface area contributed by atoms with Crippen molar-refractivity contribution in [2.24, 2.45) is 5.92 Å². The van der Waals surface area contributed by atoms with Gasteiger partial charge < -0.3 is 4.74 Å². The van der Waals surface area contributed by atoms with E-state index in [9.17, 15) is 9.59 Å². The molecule has 0 N–H and O–H groups in total. The van der Waals surface area contributed by atoms with Crippen molar-refractivity contribution in [1.82, 2.24) is 9.55 Å². The van der Waals surface area contributed by atoms with E-state index in [1.165, 1.54) is 28.7 Å². The summed E-state index contributed by atoms with van der Waals surface area (Å²) in [5.41, 5.74) is 1.70. The molecular weight excluding hydrogens is 372 g/mol. The highest BCUT2D eigenvalue weighted by Gasteiger charge is 2.23. The van der Waals surface area contributed by atoms with Crippen molar-refractivity contribution in [2.75, 3.05) is 0 Å². The first-order valence-electron chi connectivity index (χ1n) is 9.76. The molecule has 0 spiro atoms. The fourth-order valence-corrected chi connectivity index (χ4v) is 5.05. The minimum absolute atomic E-state index is 0.0353. The number of ether oxygens (including phenoxy) is 1. The van der Waals surface area contributed by atoms with E-state index in [4.69, 9.17) is 4.74 Å². The minimum Gasteiger partial charge on any atom is -0.461 e. The smallest absolute Gasteiger partial charge is 0.326 e. The molecule has 2 aromatic heterocycles. The van der Waals surface area contributed by atoms with E-state index >= 15 is 0 Å². The second kappa shape index (κ2) is 7.87. The lowest BCUT2D eigenvalue weighted by Crippen LogP contribution is -2.30. The van der Waals surface area contributed by atoms with Gasteiger partial charge in [0.1, 0.15) is 17.5 Å². The molecule has 4 rings (SSSR count). The number of esters is 1. The van der Waals surface area contributed by atoms with Crippen LogP contribution in [0.2, 0.25) is 0 Å². The normalized spacial score (nSPS) is 19.6. The number of thiophene rings is 1. The monoisotopic (exact) mass is 396 g/mol. The third-order valence-electron chi connectivity index (χ3n) is 5.40. The van der Waals surface area contributed by atoms with E-state index in [0.29, 0.717) is 16.1 Å². The third kappa shape index (κ3) is 3.74. The average Bonchev–Trinajstić information content (AvgIpc) is 3.01. The zero-order chi connectivity index (χ0) is 19.7. The Morgan fingerprint density at radius 2 is 2.07 bits per heavy atom. The second-order valence-corrected chi connectivity index (χ2v) is 8.84. The third-order valence-corrected chi connectivity index (χ3v) is 6.42. The first kappa shape index (κ1) is 18.9. The number of aryl methyl sites for hydroxylation is 1. The lowest BCUT2D eigenvalue weighted by atomic mass is 9.89. The molecule has 0 aliphatic heterocycles. The number of hydrogen-bond donors (Lipinski definition) is 0. The molecule has 3 aromatic rings. The first-order valence-corrected chi connectivity index (χ1v) is 10.6. The van der Waals surface area contributed by atoms with Crippen LogP contribution < -0.4 is 5.56 Å². The molecule has 146 valence electrons. The molecule has 1 aromatic carbocycles. The Bertz CT molecular complexity index is 1050. The molecule has 2 heterocycles. The maximum atomic E-state index is 13.1. The van der Waals surface area contributed by atoms with Gasteiger partial charge in [-0.15, -0.1) is 11.3 Å². The molecule has 0 saturated heterocycles. The Morgan fingerprint density at radius 3 is 2.82 bits per heavy atom. The number of carbonyl (C=O) groups excluding carboxylic acids is 1. The van der Waals surface area contributed by atoms with E-state index in [2.05, 4.69) is 11.9 Å². The Hall–Kier alpha value is -2.47. The number of rotatable bonds is 4. The van der Waals surface area contributed by atoms with Gasteiger partial charge in [0.2, 0.25) is 0 Å². The second-order valence-electron chi connectivity index (χ2n) is 7.64. The van der Waals surface area contributed by atoms with Gasteiger partial charge in [0, 0.05) is 10.4 Å². The Morgan fingerprint density at radius 1 is 1.29 bits per heavy atom. The number of fused-ring (bicyclic) bond motifs is 1. The first-order chi connectivity index (χ1) is 13.5. The van der Waals surface area contributed by atoms with Crippen LogP contribution in [0, 0.1) is 12.8 Å². The van der Waals surface area contributed by atoms with E-state index in [1.54, 1.807) is 0 Å². The van der Waals surface area contributed by atoms with Crippen molar-refractivity contribution in [3.63, 3.8) is 0 Å². The van der Waals surface area contributed by atoms with Gasteiger partial charge in [0.15, 0.2) is 0 Å². The summed E-state index contributed by atoms with van der Waals surface area (Å²) < 4.78 is 7.00. The van der Waals surface area contributed by atoms with Gasteiger partial charge >= 0.3 is 5.97 Å². The number of hydrogen-bond acceptors (Lipinski definition) is 5. The van der Waals surface area contributed by atoms with Crippen molar-refractivity contribution in [2.45, 2.75) is 52.2 Å². The minimum atomic E-state index is -0.365. The molecule has 1 saturated carbocycles. The van der Waals surface area contributed by atoms with Crippen LogP contribution in [0.15, 0.2) is 41.5 Å². The predicted molar refractivity (Wildman–Crippen MR) is 112 cm³/mol. The maximum absolute atomic E-state index is 13.1. The molecule has 28 heavy (non-hydrogen) atoms. The fourth-order valence-electron chi connectivity index (χ4n) is 4.05. The molecule has 1 aliphatic rings. The molecule has 0 bridgehead atoms. The van der Waals surface area contributed by atoms with Crippen molar-refractivity contribution < 1.29 is 9.53 Å². The fraction of sp³-hybridized carbons (Fsp3) is 0.409. The van der Waals surface area contributed by atoms with Crippen molar-refractivity contribution in [3.05, 3.63) is 51.9 Å². The van der Waals surface area contributed by atoms with Gasteiger partial charge in [-0.05, 0) is 37.7 Å². The largest absolute Gasteiger partial charge is 0.461 e. The maximum Gasteiger partial charge on any atom is 0.326 e. The summed E-state index contributed by atoms with van der Waals surface area (Å²) in [7, 11) is 0. The highest BCUT2D eigenvalue weighted by Crippen LogP contribution is 2.35. The molecule has 6 heteroatoms. The zero-order valence-corrected chi connectivity index (χ0v) is 17.0. The highest BCUT2D eigenvalue weighted by molar-refractivity contribution is 7.19. The molecule has 1 fully saturated rings. The highest BCUT2D eigenvalue weighted by atomic mass is 32.1. The van der Waals surface area contributed by atoms with Crippen LogP contribution in [-0.2, 0) is 16.1 Å². The quantitative estimate of drug-likeness (QED) is 0.607. The van der Waals surface area contributed by atoms with E-state index < -0.39 is 0 Å². The van der Waals surface area contributed by atoms with Crippen LogP contribution in [0.1, 0.15) is 37.5 Å². The Balaban J connectivity index is 1.63.